The number of carbonyl (C=O) groups is 2. The highest BCUT2D eigenvalue weighted by Crippen LogP contribution is 2.40. The van der Waals surface area contributed by atoms with E-state index in [0.717, 1.165) is 17.0 Å². The first-order valence-corrected chi connectivity index (χ1v) is 7.99. The van der Waals surface area contributed by atoms with Crippen molar-refractivity contribution in [1.82, 2.24) is 4.90 Å². The molecule has 0 aliphatic carbocycles. The van der Waals surface area contributed by atoms with Crippen LogP contribution in [0.15, 0.2) is 42.5 Å². The number of nitrogens with zero attached hydrogens (tertiary/aromatic N) is 3. The summed E-state index contributed by atoms with van der Waals surface area (Å²) in [5, 5.41) is 18.9. The molecule has 1 atom stereocenters. The monoisotopic (exact) mass is 388 g/mol. The Bertz CT molecular complexity index is 985. The summed E-state index contributed by atoms with van der Waals surface area (Å²) in [6.45, 7) is -0.767. The lowest BCUT2D eigenvalue weighted by atomic mass is 9.89. The fraction of sp³-hybridized carbons (Fsp3) is 0.211. The molecule has 143 valence electrons. The van der Waals surface area contributed by atoms with Crippen molar-refractivity contribution in [3.8, 4) is 6.07 Å². The van der Waals surface area contributed by atoms with Gasteiger partial charge in [-0.2, -0.15) is 18.4 Å². The molecule has 0 saturated carbocycles. The van der Waals surface area contributed by atoms with Gasteiger partial charge >= 0.3 is 12.2 Å². The molecular formula is C19H13F3N3O3. The number of likely N-dealkylation sites (N-methyl/N-ethyl adjacent to an activating group) is 1. The molecule has 0 bridgehead atoms. The molecular weight excluding hydrogens is 375 g/mol. The first kappa shape index (κ1) is 19.4. The van der Waals surface area contributed by atoms with Gasteiger partial charge in [0.2, 0.25) is 0 Å². The topological polar surface area (TPSA) is 84.6 Å². The number of hydrogen-bond acceptors (Lipinski definition) is 4. The maximum atomic E-state index is 13.3. The molecule has 1 aliphatic heterocycles. The van der Waals surface area contributed by atoms with Gasteiger partial charge in [-0.25, -0.2) is 9.69 Å². The van der Waals surface area contributed by atoms with Crippen molar-refractivity contribution < 1.29 is 27.9 Å². The molecule has 0 aromatic heterocycles. The van der Waals surface area contributed by atoms with E-state index in [1.165, 1.54) is 37.4 Å². The van der Waals surface area contributed by atoms with Crippen LogP contribution in [0.2, 0.25) is 0 Å². The maximum Gasteiger partial charge on any atom is 0.417 e. The van der Waals surface area contributed by atoms with Crippen LogP contribution in [0.1, 0.15) is 16.7 Å². The molecule has 9 heteroatoms. The van der Waals surface area contributed by atoms with Gasteiger partial charge in [-0.3, -0.25) is 4.79 Å². The highest BCUT2D eigenvalue weighted by atomic mass is 19.4. The number of alkyl halides is 3. The van der Waals surface area contributed by atoms with Crippen molar-refractivity contribution in [2.24, 2.45) is 0 Å². The molecule has 1 fully saturated rings. The van der Waals surface area contributed by atoms with E-state index in [4.69, 9.17) is 5.26 Å². The van der Waals surface area contributed by atoms with Crippen LogP contribution in [-0.2, 0) is 16.5 Å². The number of imide groups is 1. The summed E-state index contributed by atoms with van der Waals surface area (Å²) >= 11 is 0. The summed E-state index contributed by atoms with van der Waals surface area (Å²) in [6.07, 6.45) is -4.85. The first-order valence-electron chi connectivity index (χ1n) is 7.99. The number of benzene rings is 2. The number of nitriles is 1. The van der Waals surface area contributed by atoms with Crippen molar-refractivity contribution in [1.29, 1.82) is 5.26 Å². The quantitative estimate of drug-likeness (QED) is 0.820. The number of urea groups is 1. The van der Waals surface area contributed by atoms with Crippen LogP contribution < -0.4 is 4.90 Å². The molecule has 1 N–H and O–H groups in total. The Morgan fingerprint density at radius 3 is 2.39 bits per heavy atom. The van der Waals surface area contributed by atoms with Gasteiger partial charge in [0.15, 0.2) is 5.54 Å². The van der Waals surface area contributed by atoms with Crippen LogP contribution in [-0.4, -0.2) is 35.6 Å². The highest BCUT2D eigenvalue weighted by Gasteiger charge is 2.57. The Balaban J connectivity index is 2.16. The number of halogens is 3. The minimum Gasteiger partial charge on any atom is -0.393 e. The van der Waals surface area contributed by atoms with Crippen LogP contribution >= 0.6 is 0 Å². The SMILES string of the molecule is CN1C(=O)N(c2ccc(C#N)c(C(F)(F)F)c2)C(=O)C1(CO)c1cc[c]cc1. The Morgan fingerprint density at radius 2 is 1.86 bits per heavy atom. The third-order valence-electron chi connectivity index (χ3n) is 4.72. The van der Waals surface area contributed by atoms with Crippen molar-refractivity contribution in [3.05, 3.63) is 65.2 Å². The largest absolute Gasteiger partial charge is 0.417 e. The molecule has 6 nitrogen and oxygen atoms in total. The number of aliphatic hydroxyl groups is 1. The van der Waals surface area contributed by atoms with Crippen LogP contribution in [0.3, 0.4) is 0 Å². The van der Waals surface area contributed by atoms with Gasteiger partial charge in [0.05, 0.1) is 29.5 Å². The standard InChI is InChI=1S/C19H13F3N3O3/c1-24-17(28)25(14-8-7-12(10-23)15(9-14)19(20,21)22)16(27)18(24,11-26)13-5-3-2-4-6-13/h3-9,26H,11H2,1H3. The van der Waals surface area contributed by atoms with E-state index in [-0.39, 0.29) is 5.69 Å². The van der Waals surface area contributed by atoms with Gasteiger partial charge in [0.25, 0.3) is 5.91 Å². The summed E-state index contributed by atoms with van der Waals surface area (Å²) in [5.74, 6) is -0.897. The molecule has 1 aliphatic rings. The lowest BCUT2D eigenvalue weighted by Gasteiger charge is -2.31. The Kier molecular flexibility index (Phi) is 4.61. The van der Waals surface area contributed by atoms with Crippen LogP contribution in [0.4, 0.5) is 23.7 Å². The molecule has 2 aromatic carbocycles. The number of amides is 3. The van der Waals surface area contributed by atoms with Gasteiger partial charge in [-0.1, -0.05) is 24.3 Å². The molecule has 2 aromatic rings. The predicted octanol–water partition coefficient (Wildman–Crippen LogP) is 2.66. The lowest BCUT2D eigenvalue weighted by Crippen LogP contribution is -2.48. The average Bonchev–Trinajstić information content (AvgIpc) is 2.87. The normalized spacial score (nSPS) is 19.9. The van der Waals surface area contributed by atoms with Gasteiger partial charge in [-0.05, 0) is 29.8 Å². The fourth-order valence-electron chi connectivity index (χ4n) is 3.20. The maximum absolute atomic E-state index is 13.3. The Labute approximate surface area is 158 Å². The van der Waals surface area contributed by atoms with E-state index >= 15 is 0 Å². The molecule has 1 saturated heterocycles. The molecule has 3 amide bonds. The van der Waals surface area contributed by atoms with E-state index in [2.05, 4.69) is 6.07 Å². The third kappa shape index (κ3) is 2.70. The van der Waals surface area contributed by atoms with Crippen molar-refractivity contribution in [2.45, 2.75) is 11.7 Å². The third-order valence-corrected chi connectivity index (χ3v) is 4.72. The van der Waals surface area contributed by atoms with E-state index in [1.807, 2.05) is 0 Å². The van der Waals surface area contributed by atoms with Crippen molar-refractivity contribution in [2.75, 3.05) is 18.6 Å². The number of rotatable bonds is 3. The molecule has 1 radical (unpaired) electrons. The smallest absolute Gasteiger partial charge is 0.393 e. The molecule has 1 unspecified atom stereocenters. The zero-order valence-corrected chi connectivity index (χ0v) is 14.5. The second-order valence-electron chi connectivity index (χ2n) is 6.13. The predicted molar refractivity (Wildman–Crippen MR) is 90.8 cm³/mol. The average molecular weight is 388 g/mol. The Hall–Kier alpha value is -3.38. The van der Waals surface area contributed by atoms with Gasteiger partial charge in [0, 0.05) is 7.05 Å². The summed E-state index contributed by atoms with van der Waals surface area (Å²) < 4.78 is 39.8. The van der Waals surface area contributed by atoms with Gasteiger partial charge in [-0.15, -0.1) is 0 Å². The van der Waals surface area contributed by atoms with Crippen LogP contribution in [0, 0.1) is 17.4 Å². The molecule has 1 heterocycles. The first-order chi connectivity index (χ1) is 13.2. The van der Waals surface area contributed by atoms with E-state index in [9.17, 15) is 27.9 Å². The number of aliphatic hydroxyl groups excluding tert-OH is 1. The van der Waals surface area contributed by atoms with E-state index < -0.39 is 41.4 Å². The molecule has 3 rings (SSSR count). The van der Waals surface area contributed by atoms with Crippen molar-refractivity contribution in [3.63, 3.8) is 0 Å². The zero-order chi connectivity index (χ0) is 20.7. The minimum atomic E-state index is -4.85. The van der Waals surface area contributed by atoms with Gasteiger partial charge in [0.1, 0.15) is 0 Å². The number of hydrogen-bond donors (Lipinski definition) is 1. The number of anilines is 1. The van der Waals surface area contributed by atoms with E-state index in [1.54, 1.807) is 0 Å². The Morgan fingerprint density at radius 1 is 1.21 bits per heavy atom. The van der Waals surface area contributed by atoms with Gasteiger partial charge < -0.3 is 10.0 Å². The zero-order valence-electron chi connectivity index (χ0n) is 14.5. The van der Waals surface area contributed by atoms with Crippen molar-refractivity contribution >= 4 is 17.6 Å². The summed E-state index contributed by atoms with van der Waals surface area (Å²) in [7, 11) is 1.28. The van der Waals surface area contributed by atoms with E-state index in [0.29, 0.717) is 16.5 Å². The number of carbonyl (C=O) groups excluding carboxylic acids is 2. The highest BCUT2D eigenvalue weighted by molar-refractivity contribution is 6.23. The summed E-state index contributed by atoms with van der Waals surface area (Å²) in [6, 6.07) is 11.8. The summed E-state index contributed by atoms with van der Waals surface area (Å²) in [4.78, 5) is 27.4. The minimum absolute atomic E-state index is 0.293. The van der Waals surface area contributed by atoms with Crippen LogP contribution in [0.25, 0.3) is 0 Å². The lowest BCUT2D eigenvalue weighted by molar-refractivity contribution is -0.137. The van der Waals surface area contributed by atoms with Crippen LogP contribution in [0.5, 0.6) is 0 Å². The molecule has 28 heavy (non-hydrogen) atoms. The summed E-state index contributed by atoms with van der Waals surface area (Å²) in [5.41, 5.74) is -3.71. The second-order valence-corrected chi connectivity index (χ2v) is 6.13. The molecule has 0 spiro atoms. The second kappa shape index (κ2) is 6.65. The fourth-order valence-corrected chi connectivity index (χ4v) is 3.20.